The van der Waals surface area contributed by atoms with Crippen LogP contribution in [-0.2, 0) is 12.8 Å². The van der Waals surface area contributed by atoms with Crippen molar-refractivity contribution in [3.05, 3.63) is 64.2 Å². The van der Waals surface area contributed by atoms with Gasteiger partial charge in [0.1, 0.15) is 0 Å². The van der Waals surface area contributed by atoms with Crippen molar-refractivity contribution >= 4 is 10.9 Å². The Hall–Kier alpha value is -2.15. The molecule has 0 saturated heterocycles. The summed E-state index contributed by atoms with van der Waals surface area (Å²) in [5.74, 6) is 0. The fourth-order valence-corrected chi connectivity index (χ4v) is 3.56. The standard InChI is InChI=1S/C20H19N/c1-12-4-7-19-16(9-12)11-15-5-6-17-14(3)8-13(2)10-18(17)20(15)21-19/h4,7-11H,5-6H2,1-3H3. The molecule has 1 nitrogen and oxygen atoms in total. The number of nitrogens with zero attached hydrogens (tertiary/aromatic N) is 1. The molecule has 0 saturated carbocycles. The van der Waals surface area contributed by atoms with E-state index in [2.05, 4.69) is 57.2 Å². The average Bonchev–Trinajstić information content (AvgIpc) is 2.45. The van der Waals surface area contributed by atoms with Crippen molar-refractivity contribution in [1.82, 2.24) is 4.98 Å². The van der Waals surface area contributed by atoms with Crippen LogP contribution < -0.4 is 0 Å². The highest BCUT2D eigenvalue weighted by Gasteiger charge is 2.20. The first-order valence-electron chi connectivity index (χ1n) is 7.62. The molecule has 0 unspecified atom stereocenters. The lowest BCUT2D eigenvalue weighted by molar-refractivity contribution is 0.921. The van der Waals surface area contributed by atoms with Crippen LogP contribution in [-0.4, -0.2) is 4.98 Å². The molecule has 0 spiro atoms. The normalized spacial score (nSPS) is 13.1. The Morgan fingerprint density at radius 2 is 1.71 bits per heavy atom. The number of benzene rings is 2. The largest absolute Gasteiger partial charge is 0.247 e. The fraction of sp³-hybridized carbons (Fsp3) is 0.250. The van der Waals surface area contributed by atoms with Gasteiger partial charge in [-0.25, -0.2) is 4.98 Å². The van der Waals surface area contributed by atoms with Gasteiger partial charge in [-0.1, -0.05) is 23.3 Å². The number of rotatable bonds is 0. The maximum absolute atomic E-state index is 4.98. The van der Waals surface area contributed by atoms with Crippen molar-refractivity contribution < 1.29 is 0 Å². The molecule has 0 radical (unpaired) electrons. The van der Waals surface area contributed by atoms with E-state index in [1.165, 1.54) is 44.5 Å². The van der Waals surface area contributed by atoms with Gasteiger partial charge < -0.3 is 0 Å². The highest BCUT2D eigenvalue weighted by molar-refractivity contribution is 5.85. The molecule has 0 bridgehead atoms. The Bertz CT molecular complexity index is 875. The monoisotopic (exact) mass is 273 g/mol. The van der Waals surface area contributed by atoms with Gasteiger partial charge in [0.05, 0.1) is 11.2 Å². The van der Waals surface area contributed by atoms with Crippen molar-refractivity contribution in [3.63, 3.8) is 0 Å². The lowest BCUT2D eigenvalue weighted by atomic mass is 9.85. The zero-order chi connectivity index (χ0) is 14.6. The predicted molar refractivity (Wildman–Crippen MR) is 88.8 cm³/mol. The average molecular weight is 273 g/mol. The SMILES string of the molecule is Cc1cc(C)c2c(c1)-c1nc3ccc(C)cc3cc1CC2. The van der Waals surface area contributed by atoms with Crippen molar-refractivity contribution in [1.29, 1.82) is 0 Å². The molecule has 2 aromatic carbocycles. The van der Waals surface area contributed by atoms with Crippen LogP contribution in [0, 0.1) is 20.8 Å². The molecule has 1 heterocycles. The molecule has 1 aromatic heterocycles. The predicted octanol–water partition coefficient (Wildman–Crippen LogP) is 4.93. The number of hydrogen-bond acceptors (Lipinski definition) is 1. The molecule has 0 aliphatic heterocycles. The third kappa shape index (κ3) is 1.96. The van der Waals surface area contributed by atoms with Crippen molar-refractivity contribution in [2.45, 2.75) is 33.6 Å². The van der Waals surface area contributed by atoms with Gasteiger partial charge in [-0.3, -0.25) is 0 Å². The lowest BCUT2D eigenvalue weighted by Crippen LogP contribution is -2.08. The molecular formula is C20H19N. The number of aryl methyl sites for hydroxylation is 4. The van der Waals surface area contributed by atoms with Crippen molar-refractivity contribution in [2.24, 2.45) is 0 Å². The van der Waals surface area contributed by atoms with Crippen LogP contribution in [0.5, 0.6) is 0 Å². The van der Waals surface area contributed by atoms with Crippen LogP contribution in [0.1, 0.15) is 27.8 Å². The molecule has 21 heavy (non-hydrogen) atoms. The number of hydrogen-bond donors (Lipinski definition) is 0. The Morgan fingerprint density at radius 1 is 0.857 bits per heavy atom. The first-order valence-corrected chi connectivity index (χ1v) is 7.62. The molecule has 0 amide bonds. The molecule has 0 fully saturated rings. The zero-order valence-corrected chi connectivity index (χ0v) is 12.8. The molecule has 3 aromatic rings. The summed E-state index contributed by atoms with van der Waals surface area (Å²) in [7, 11) is 0. The summed E-state index contributed by atoms with van der Waals surface area (Å²) in [6, 6.07) is 13.4. The summed E-state index contributed by atoms with van der Waals surface area (Å²) in [4.78, 5) is 4.98. The van der Waals surface area contributed by atoms with Gasteiger partial charge in [0.15, 0.2) is 0 Å². The Balaban J connectivity index is 2.03. The molecule has 1 heteroatoms. The Labute approximate surface area is 125 Å². The van der Waals surface area contributed by atoms with E-state index in [-0.39, 0.29) is 0 Å². The zero-order valence-electron chi connectivity index (χ0n) is 12.8. The quantitative estimate of drug-likeness (QED) is 0.566. The minimum absolute atomic E-state index is 1.10. The molecule has 1 aliphatic rings. The second kappa shape index (κ2) is 4.42. The highest BCUT2D eigenvalue weighted by atomic mass is 14.7. The van der Waals surface area contributed by atoms with Gasteiger partial charge in [-0.05, 0) is 74.6 Å². The molecule has 4 rings (SSSR count). The van der Waals surface area contributed by atoms with E-state index < -0.39 is 0 Å². The lowest BCUT2D eigenvalue weighted by Gasteiger charge is -2.22. The van der Waals surface area contributed by atoms with Crippen LogP contribution in [0.3, 0.4) is 0 Å². The smallest absolute Gasteiger partial charge is 0.0744 e. The van der Waals surface area contributed by atoms with Gasteiger partial charge >= 0.3 is 0 Å². The van der Waals surface area contributed by atoms with E-state index >= 15 is 0 Å². The Morgan fingerprint density at radius 3 is 2.57 bits per heavy atom. The highest BCUT2D eigenvalue weighted by Crippen LogP contribution is 2.36. The summed E-state index contributed by atoms with van der Waals surface area (Å²) < 4.78 is 0. The van der Waals surface area contributed by atoms with E-state index in [0.717, 1.165) is 18.4 Å². The molecule has 0 atom stereocenters. The summed E-state index contributed by atoms with van der Waals surface area (Å²) in [5, 5.41) is 1.27. The van der Waals surface area contributed by atoms with Gasteiger partial charge in [-0.2, -0.15) is 0 Å². The maximum atomic E-state index is 4.98. The van der Waals surface area contributed by atoms with Crippen LogP contribution >= 0.6 is 0 Å². The molecular weight excluding hydrogens is 254 g/mol. The summed E-state index contributed by atoms with van der Waals surface area (Å²) in [6.07, 6.45) is 2.23. The second-order valence-electron chi connectivity index (χ2n) is 6.30. The van der Waals surface area contributed by atoms with E-state index in [0.29, 0.717) is 0 Å². The van der Waals surface area contributed by atoms with Gasteiger partial charge in [-0.15, -0.1) is 0 Å². The number of pyridine rings is 1. The summed E-state index contributed by atoms with van der Waals surface area (Å²) >= 11 is 0. The van der Waals surface area contributed by atoms with Crippen LogP contribution in [0.25, 0.3) is 22.2 Å². The van der Waals surface area contributed by atoms with E-state index in [1.54, 1.807) is 0 Å². The third-order valence-corrected chi connectivity index (χ3v) is 4.57. The minimum atomic E-state index is 1.10. The topological polar surface area (TPSA) is 12.9 Å². The molecule has 0 N–H and O–H groups in total. The van der Waals surface area contributed by atoms with E-state index in [4.69, 9.17) is 4.98 Å². The first kappa shape index (κ1) is 12.6. The minimum Gasteiger partial charge on any atom is -0.247 e. The summed E-state index contributed by atoms with van der Waals surface area (Å²) in [5.41, 5.74) is 10.5. The van der Waals surface area contributed by atoms with Crippen molar-refractivity contribution in [3.8, 4) is 11.3 Å². The third-order valence-electron chi connectivity index (χ3n) is 4.57. The fourth-order valence-electron chi connectivity index (χ4n) is 3.56. The number of fused-ring (bicyclic) bond motifs is 4. The maximum Gasteiger partial charge on any atom is 0.0744 e. The van der Waals surface area contributed by atoms with E-state index in [9.17, 15) is 0 Å². The van der Waals surface area contributed by atoms with E-state index in [1.807, 2.05) is 0 Å². The van der Waals surface area contributed by atoms with Crippen molar-refractivity contribution in [2.75, 3.05) is 0 Å². The summed E-state index contributed by atoms with van der Waals surface area (Å²) in [6.45, 7) is 6.54. The van der Waals surface area contributed by atoms with Crippen LogP contribution in [0.15, 0.2) is 36.4 Å². The first-order chi connectivity index (χ1) is 10.1. The van der Waals surface area contributed by atoms with Gasteiger partial charge in [0.25, 0.3) is 0 Å². The number of aromatic nitrogens is 1. The molecule has 104 valence electrons. The van der Waals surface area contributed by atoms with Gasteiger partial charge in [0.2, 0.25) is 0 Å². The molecule has 1 aliphatic carbocycles. The second-order valence-corrected chi connectivity index (χ2v) is 6.30. The van der Waals surface area contributed by atoms with Crippen LogP contribution in [0.2, 0.25) is 0 Å². The van der Waals surface area contributed by atoms with Crippen LogP contribution in [0.4, 0.5) is 0 Å². The van der Waals surface area contributed by atoms with Gasteiger partial charge in [0, 0.05) is 10.9 Å². The Kier molecular flexibility index (Phi) is 2.65.